The smallest absolute Gasteiger partial charge is 0.186 e. The van der Waals surface area contributed by atoms with E-state index in [1.54, 1.807) is 6.07 Å². The highest BCUT2D eigenvalue weighted by Gasteiger charge is 2.58. The van der Waals surface area contributed by atoms with E-state index in [0.29, 0.717) is 29.7 Å². The van der Waals surface area contributed by atoms with Crippen LogP contribution in [0.2, 0.25) is 5.02 Å². The van der Waals surface area contributed by atoms with Crippen molar-refractivity contribution in [3.8, 4) is 18.2 Å². The highest BCUT2D eigenvalue weighted by Crippen LogP contribution is 2.52. The van der Waals surface area contributed by atoms with Crippen molar-refractivity contribution in [1.29, 1.82) is 21.2 Å². The van der Waals surface area contributed by atoms with Gasteiger partial charge in [-0.15, -0.1) is 0 Å². The zero-order valence-corrected chi connectivity index (χ0v) is 16.1. The third-order valence-electron chi connectivity index (χ3n) is 5.94. The summed E-state index contributed by atoms with van der Waals surface area (Å²) in [5.41, 5.74) is -0.0171. The molecular weight excluding hydrogens is 358 g/mol. The third kappa shape index (κ3) is 2.83. The van der Waals surface area contributed by atoms with E-state index >= 15 is 0 Å². The van der Waals surface area contributed by atoms with Crippen molar-refractivity contribution in [3.05, 3.63) is 46.5 Å². The van der Waals surface area contributed by atoms with Crippen molar-refractivity contribution >= 4 is 17.3 Å². The Balaban J connectivity index is 2.24. The standard InChI is InChI=1S/C21H20ClN5/c1-13(2)27-8-7-16-15(10-27)19(14-5-3-4-6-18(14)22)20(26)17(9-23)21(16,11-24)12-25/h3-7,13,15,17,19,26H,8,10H2,1-2H3/p+1/t15-,17?,19+/m0/s1. The lowest BCUT2D eigenvalue weighted by atomic mass is 9.55. The SMILES string of the molecule is CC(C)[NH+]1CC=C2[C@H](C1)[C@@H](c1ccccc1Cl)C(=N)C(C#N)C2(C#N)C#N. The Morgan fingerprint density at radius 2 is 1.89 bits per heavy atom. The summed E-state index contributed by atoms with van der Waals surface area (Å²) >= 11 is 6.45. The van der Waals surface area contributed by atoms with Crippen LogP contribution in [-0.4, -0.2) is 24.8 Å². The van der Waals surface area contributed by atoms with Crippen LogP contribution in [0.15, 0.2) is 35.9 Å². The molecule has 1 aromatic rings. The summed E-state index contributed by atoms with van der Waals surface area (Å²) in [6, 6.07) is 14.0. The van der Waals surface area contributed by atoms with Gasteiger partial charge in [0.2, 0.25) is 0 Å². The van der Waals surface area contributed by atoms with Crippen LogP contribution in [0.1, 0.15) is 25.3 Å². The van der Waals surface area contributed by atoms with Gasteiger partial charge in [0.1, 0.15) is 5.92 Å². The predicted octanol–water partition coefficient (Wildman–Crippen LogP) is 2.48. The van der Waals surface area contributed by atoms with Gasteiger partial charge in [-0.3, -0.25) is 0 Å². The zero-order valence-electron chi connectivity index (χ0n) is 15.3. The van der Waals surface area contributed by atoms with Crippen molar-refractivity contribution in [2.45, 2.75) is 25.8 Å². The first kappa shape index (κ1) is 19.1. The topological polar surface area (TPSA) is 99.7 Å². The number of rotatable bonds is 2. The van der Waals surface area contributed by atoms with Crippen molar-refractivity contribution in [2.24, 2.45) is 17.3 Å². The molecule has 27 heavy (non-hydrogen) atoms. The molecule has 0 spiro atoms. The van der Waals surface area contributed by atoms with E-state index in [9.17, 15) is 15.8 Å². The minimum absolute atomic E-state index is 0.112. The van der Waals surface area contributed by atoms with Gasteiger partial charge in [0.05, 0.1) is 37.3 Å². The summed E-state index contributed by atoms with van der Waals surface area (Å²) in [6.45, 7) is 5.67. The second kappa shape index (κ2) is 7.16. The highest BCUT2D eigenvalue weighted by atomic mass is 35.5. The summed E-state index contributed by atoms with van der Waals surface area (Å²) in [5.74, 6) is -1.71. The average Bonchev–Trinajstić information content (AvgIpc) is 2.67. The van der Waals surface area contributed by atoms with Crippen LogP contribution in [0, 0.1) is 56.7 Å². The molecule has 1 aliphatic heterocycles. The molecule has 0 aromatic heterocycles. The van der Waals surface area contributed by atoms with E-state index in [4.69, 9.17) is 17.0 Å². The van der Waals surface area contributed by atoms with Crippen LogP contribution >= 0.6 is 11.6 Å². The summed E-state index contributed by atoms with van der Waals surface area (Å²) in [5, 5.41) is 38.9. The van der Waals surface area contributed by atoms with Gasteiger partial charge in [-0.25, -0.2) is 0 Å². The molecule has 0 radical (unpaired) electrons. The summed E-state index contributed by atoms with van der Waals surface area (Å²) < 4.78 is 0. The molecule has 3 rings (SSSR count). The summed E-state index contributed by atoms with van der Waals surface area (Å²) in [6.07, 6.45) is 1.95. The number of nitrogens with one attached hydrogen (secondary N) is 2. The molecule has 1 aliphatic carbocycles. The second-order valence-corrected chi connectivity index (χ2v) is 7.94. The summed E-state index contributed by atoms with van der Waals surface area (Å²) in [4.78, 5) is 1.33. The fraction of sp³-hybridized carbons (Fsp3) is 0.429. The van der Waals surface area contributed by atoms with Crippen molar-refractivity contribution < 1.29 is 4.90 Å². The number of hydrogen-bond donors (Lipinski definition) is 2. The molecule has 1 aromatic carbocycles. The molecule has 1 heterocycles. The van der Waals surface area contributed by atoms with Crippen LogP contribution in [0.25, 0.3) is 0 Å². The summed E-state index contributed by atoms with van der Waals surface area (Å²) in [7, 11) is 0. The van der Waals surface area contributed by atoms with Crippen LogP contribution < -0.4 is 4.90 Å². The van der Waals surface area contributed by atoms with E-state index in [2.05, 4.69) is 32.1 Å². The predicted molar refractivity (Wildman–Crippen MR) is 102 cm³/mol. The van der Waals surface area contributed by atoms with Gasteiger partial charge < -0.3 is 10.3 Å². The Bertz CT molecular complexity index is 913. The largest absolute Gasteiger partial charge is 0.329 e. The molecule has 4 atom stereocenters. The molecule has 0 amide bonds. The molecule has 1 fully saturated rings. The van der Waals surface area contributed by atoms with Gasteiger partial charge in [-0.2, -0.15) is 15.8 Å². The van der Waals surface area contributed by atoms with Crippen LogP contribution in [0.3, 0.4) is 0 Å². The number of quaternary nitrogens is 1. The van der Waals surface area contributed by atoms with Crippen LogP contribution in [0.4, 0.5) is 0 Å². The van der Waals surface area contributed by atoms with Gasteiger partial charge in [0, 0.05) is 22.6 Å². The second-order valence-electron chi connectivity index (χ2n) is 7.54. The maximum Gasteiger partial charge on any atom is 0.186 e. The van der Waals surface area contributed by atoms with E-state index < -0.39 is 17.3 Å². The van der Waals surface area contributed by atoms with E-state index in [-0.39, 0.29) is 11.6 Å². The molecule has 6 heteroatoms. The number of halogens is 1. The number of nitriles is 3. The van der Waals surface area contributed by atoms with E-state index in [0.717, 1.165) is 5.56 Å². The number of benzene rings is 1. The molecule has 1 saturated carbocycles. The first-order valence-corrected chi connectivity index (χ1v) is 9.39. The number of hydrogen-bond acceptors (Lipinski definition) is 4. The van der Waals surface area contributed by atoms with Gasteiger partial charge in [-0.1, -0.05) is 29.8 Å². The quantitative estimate of drug-likeness (QED) is 0.773. The maximum absolute atomic E-state index is 9.89. The maximum atomic E-state index is 9.89. The first-order valence-electron chi connectivity index (χ1n) is 9.01. The Morgan fingerprint density at radius 1 is 1.22 bits per heavy atom. The van der Waals surface area contributed by atoms with Gasteiger partial charge in [0.25, 0.3) is 0 Å². The van der Waals surface area contributed by atoms with Crippen LogP contribution in [-0.2, 0) is 0 Å². The minimum Gasteiger partial charge on any atom is -0.329 e. The highest BCUT2D eigenvalue weighted by molar-refractivity contribution is 6.31. The molecular formula is C21H21ClN5+. The van der Waals surface area contributed by atoms with E-state index in [1.807, 2.05) is 24.3 Å². The molecule has 2 aliphatic rings. The number of nitrogens with zero attached hydrogens (tertiary/aromatic N) is 3. The minimum atomic E-state index is -1.60. The van der Waals surface area contributed by atoms with Gasteiger partial charge in [0.15, 0.2) is 5.41 Å². The fourth-order valence-corrected chi connectivity index (χ4v) is 4.70. The molecule has 5 nitrogen and oxygen atoms in total. The average molecular weight is 379 g/mol. The lowest BCUT2D eigenvalue weighted by Crippen LogP contribution is -3.16. The van der Waals surface area contributed by atoms with Crippen molar-refractivity contribution in [2.75, 3.05) is 13.1 Å². The monoisotopic (exact) mass is 378 g/mol. The molecule has 2 N–H and O–H groups in total. The van der Waals surface area contributed by atoms with Gasteiger partial charge in [-0.05, 0) is 37.1 Å². The Hall–Kier alpha value is -2.65. The van der Waals surface area contributed by atoms with Crippen LogP contribution in [0.5, 0.6) is 0 Å². The van der Waals surface area contributed by atoms with Crippen molar-refractivity contribution in [1.82, 2.24) is 0 Å². The van der Waals surface area contributed by atoms with Gasteiger partial charge >= 0.3 is 0 Å². The molecule has 0 saturated heterocycles. The Labute approximate surface area is 164 Å². The first-order chi connectivity index (χ1) is 12.9. The third-order valence-corrected chi connectivity index (χ3v) is 6.29. The Kier molecular flexibility index (Phi) is 5.07. The zero-order chi connectivity index (χ0) is 19.8. The molecule has 0 bridgehead atoms. The lowest BCUT2D eigenvalue weighted by molar-refractivity contribution is -0.920. The normalized spacial score (nSPS) is 29.1. The fourth-order valence-electron chi connectivity index (χ4n) is 4.45. The molecule has 2 unspecified atom stereocenters. The van der Waals surface area contributed by atoms with Crippen molar-refractivity contribution in [3.63, 3.8) is 0 Å². The lowest BCUT2D eigenvalue weighted by Gasteiger charge is -2.46. The molecule has 136 valence electrons. The van der Waals surface area contributed by atoms with E-state index in [1.165, 1.54) is 4.90 Å². The Morgan fingerprint density at radius 3 is 2.44 bits per heavy atom. The number of fused-ring (bicyclic) bond motifs is 1.